The first-order valence-corrected chi connectivity index (χ1v) is 12.1. The average Bonchev–Trinajstić information content (AvgIpc) is 3.25. The van der Waals surface area contributed by atoms with E-state index in [2.05, 4.69) is 10.3 Å². The van der Waals surface area contributed by atoms with Crippen LogP contribution < -0.4 is 10.1 Å². The lowest BCUT2D eigenvalue weighted by Gasteiger charge is -2.16. The molecule has 0 bridgehead atoms. The zero-order valence-corrected chi connectivity index (χ0v) is 19.3. The number of amides is 1. The molecule has 0 radical (unpaired) electrons. The Morgan fingerprint density at radius 1 is 1.13 bits per heavy atom. The van der Waals surface area contributed by atoms with Crippen LogP contribution in [0, 0.1) is 0 Å². The predicted molar refractivity (Wildman–Crippen MR) is 123 cm³/mol. The fraction of sp³-hybridized carbons (Fsp3) is 0.273. The summed E-state index contributed by atoms with van der Waals surface area (Å²) in [5.41, 5.74) is 2.02. The molecular formula is C22H25N3O4S2. The van der Waals surface area contributed by atoms with Gasteiger partial charge in [-0.15, -0.1) is 11.3 Å². The summed E-state index contributed by atoms with van der Waals surface area (Å²) in [4.78, 5) is 17.2. The average molecular weight is 460 g/mol. The van der Waals surface area contributed by atoms with E-state index in [1.54, 1.807) is 14.2 Å². The first kappa shape index (κ1) is 22.9. The molecule has 1 aromatic heterocycles. The van der Waals surface area contributed by atoms with Gasteiger partial charge in [0.05, 0.1) is 17.7 Å². The molecule has 0 saturated carbocycles. The summed E-state index contributed by atoms with van der Waals surface area (Å²) in [6.45, 7) is 2.47. The second kappa shape index (κ2) is 10.0. The summed E-state index contributed by atoms with van der Waals surface area (Å²) in [6.07, 6.45) is 1.71. The number of sulfonamides is 1. The SMILES string of the molecule is CCCCN(C)S(=O)(=O)c1ccc(C(=O)Nc2nc(-c3ccc(OC)cc3)cs2)cc1. The normalized spacial score (nSPS) is 11.5. The molecule has 0 aliphatic heterocycles. The van der Waals surface area contributed by atoms with Gasteiger partial charge in [-0.2, -0.15) is 0 Å². The number of aromatic nitrogens is 1. The van der Waals surface area contributed by atoms with Gasteiger partial charge in [0.1, 0.15) is 5.75 Å². The van der Waals surface area contributed by atoms with Crippen LogP contribution in [0.2, 0.25) is 0 Å². The van der Waals surface area contributed by atoms with Gasteiger partial charge in [-0.05, 0) is 55.0 Å². The van der Waals surface area contributed by atoms with Crippen molar-refractivity contribution in [3.05, 3.63) is 59.5 Å². The Morgan fingerprint density at radius 2 is 1.81 bits per heavy atom. The summed E-state index contributed by atoms with van der Waals surface area (Å²) in [5, 5.41) is 5.09. The van der Waals surface area contributed by atoms with Gasteiger partial charge in [0, 0.05) is 30.1 Å². The molecule has 0 fully saturated rings. The van der Waals surface area contributed by atoms with Crippen LogP contribution in [0.5, 0.6) is 5.75 Å². The molecule has 164 valence electrons. The fourth-order valence-corrected chi connectivity index (χ4v) is 4.78. The Morgan fingerprint density at radius 3 is 2.42 bits per heavy atom. The van der Waals surface area contributed by atoms with Crippen LogP contribution in [0.25, 0.3) is 11.3 Å². The van der Waals surface area contributed by atoms with Crippen LogP contribution in [0.4, 0.5) is 5.13 Å². The van der Waals surface area contributed by atoms with Crippen molar-refractivity contribution in [3.8, 4) is 17.0 Å². The number of methoxy groups -OCH3 is 1. The van der Waals surface area contributed by atoms with Crippen molar-refractivity contribution in [2.24, 2.45) is 0 Å². The van der Waals surface area contributed by atoms with Gasteiger partial charge >= 0.3 is 0 Å². The Kier molecular flexibility index (Phi) is 7.42. The van der Waals surface area contributed by atoms with Crippen molar-refractivity contribution >= 4 is 32.4 Å². The largest absolute Gasteiger partial charge is 0.497 e. The number of unbranched alkanes of at least 4 members (excludes halogenated alkanes) is 1. The molecule has 1 heterocycles. The van der Waals surface area contributed by atoms with Crippen LogP contribution >= 0.6 is 11.3 Å². The summed E-state index contributed by atoms with van der Waals surface area (Å²) < 4.78 is 31.7. The van der Waals surface area contributed by atoms with Crippen molar-refractivity contribution in [1.29, 1.82) is 0 Å². The lowest BCUT2D eigenvalue weighted by atomic mass is 10.2. The fourth-order valence-electron chi connectivity index (χ4n) is 2.85. The molecule has 0 spiro atoms. The number of hydrogen-bond acceptors (Lipinski definition) is 6. The summed E-state index contributed by atoms with van der Waals surface area (Å²) in [6, 6.07) is 13.4. The lowest BCUT2D eigenvalue weighted by molar-refractivity contribution is 0.102. The van der Waals surface area contributed by atoms with Gasteiger partial charge < -0.3 is 4.74 Å². The number of nitrogens with zero attached hydrogens (tertiary/aromatic N) is 2. The number of thiazole rings is 1. The van der Waals surface area contributed by atoms with Gasteiger partial charge in [0.15, 0.2) is 5.13 Å². The minimum atomic E-state index is -3.56. The van der Waals surface area contributed by atoms with Gasteiger partial charge in [-0.1, -0.05) is 13.3 Å². The number of ether oxygens (including phenoxy) is 1. The molecule has 0 aliphatic carbocycles. The standard InChI is InChI=1S/C22H25N3O4S2/c1-4-5-14-25(2)31(27,28)19-12-8-17(9-13-19)21(26)24-22-23-20(15-30-22)16-6-10-18(29-3)11-7-16/h6-13,15H,4-5,14H2,1-3H3,(H,23,24,26). The molecule has 31 heavy (non-hydrogen) atoms. The third kappa shape index (κ3) is 5.49. The predicted octanol–water partition coefficient (Wildman–Crippen LogP) is 4.49. The highest BCUT2D eigenvalue weighted by Crippen LogP contribution is 2.27. The van der Waals surface area contributed by atoms with E-state index >= 15 is 0 Å². The molecule has 3 rings (SSSR count). The smallest absolute Gasteiger partial charge is 0.257 e. The molecule has 0 saturated heterocycles. The van der Waals surface area contributed by atoms with Crippen LogP contribution in [-0.2, 0) is 10.0 Å². The maximum Gasteiger partial charge on any atom is 0.257 e. The third-order valence-corrected chi connectivity index (χ3v) is 7.39. The van der Waals surface area contributed by atoms with Gasteiger partial charge in [-0.25, -0.2) is 17.7 Å². The van der Waals surface area contributed by atoms with E-state index in [0.29, 0.717) is 17.2 Å². The summed E-state index contributed by atoms with van der Waals surface area (Å²) in [5.74, 6) is 0.411. The molecule has 9 heteroatoms. The minimum Gasteiger partial charge on any atom is -0.497 e. The molecule has 1 amide bonds. The van der Waals surface area contributed by atoms with E-state index in [4.69, 9.17) is 4.74 Å². The molecule has 0 unspecified atom stereocenters. The molecule has 2 aromatic carbocycles. The van der Waals surface area contributed by atoms with Crippen molar-refractivity contribution < 1.29 is 17.9 Å². The molecule has 1 N–H and O–H groups in total. The van der Waals surface area contributed by atoms with E-state index in [1.165, 1.54) is 39.9 Å². The van der Waals surface area contributed by atoms with E-state index in [1.807, 2.05) is 36.6 Å². The lowest BCUT2D eigenvalue weighted by Crippen LogP contribution is -2.28. The highest BCUT2D eigenvalue weighted by Gasteiger charge is 2.20. The van der Waals surface area contributed by atoms with Gasteiger partial charge in [0.25, 0.3) is 5.91 Å². The van der Waals surface area contributed by atoms with Crippen LogP contribution in [0.3, 0.4) is 0 Å². The number of nitrogens with one attached hydrogen (secondary N) is 1. The van der Waals surface area contributed by atoms with E-state index in [9.17, 15) is 13.2 Å². The summed E-state index contributed by atoms with van der Waals surface area (Å²) in [7, 11) is -0.389. The van der Waals surface area contributed by atoms with Gasteiger partial charge in [0.2, 0.25) is 10.0 Å². The van der Waals surface area contributed by atoms with E-state index in [0.717, 1.165) is 29.8 Å². The Hall–Kier alpha value is -2.75. The minimum absolute atomic E-state index is 0.165. The van der Waals surface area contributed by atoms with E-state index < -0.39 is 10.0 Å². The Labute approximate surface area is 186 Å². The van der Waals surface area contributed by atoms with Crippen LogP contribution in [0.1, 0.15) is 30.1 Å². The zero-order valence-electron chi connectivity index (χ0n) is 17.7. The van der Waals surface area contributed by atoms with Crippen LogP contribution in [0.15, 0.2) is 58.8 Å². The molecule has 3 aromatic rings. The Bertz CT molecular complexity index is 1120. The van der Waals surface area contributed by atoms with Gasteiger partial charge in [-0.3, -0.25) is 10.1 Å². The monoisotopic (exact) mass is 459 g/mol. The Balaban J connectivity index is 1.68. The number of carbonyl (C=O) groups excluding carboxylic acids is 1. The number of benzene rings is 2. The summed E-state index contributed by atoms with van der Waals surface area (Å²) >= 11 is 1.32. The number of carbonyl (C=O) groups is 1. The number of hydrogen-bond donors (Lipinski definition) is 1. The zero-order chi connectivity index (χ0) is 22.4. The van der Waals surface area contributed by atoms with E-state index in [-0.39, 0.29) is 10.8 Å². The molecule has 7 nitrogen and oxygen atoms in total. The maximum absolute atomic E-state index is 12.6. The van der Waals surface area contributed by atoms with Crippen molar-refractivity contribution in [3.63, 3.8) is 0 Å². The second-order valence-corrected chi connectivity index (χ2v) is 9.83. The quantitative estimate of drug-likeness (QED) is 0.509. The van der Waals surface area contributed by atoms with Crippen LogP contribution in [-0.4, -0.2) is 44.3 Å². The number of rotatable bonds is 9. The third-order valence-electron chi connectivity index (χ3n) is 4.76. The second-order valence-electron chi connectivity index (χ2n) is 6.93. The van der Waals surface area contributed by atoms with Crippen molar-refractivity contribution in [2.75, 3.05) is 26.0 Å². The first-order chi connectivity index (χ1) is 14.8. The molecule has 0 aliphatic rings. The number of anilines is 1. The van der Waals surface area contributed by atoms with Crippen molar-refractivity contribution in [1.82, 2.24) is 9.29 Å². The first-order valence-electron chi connectivity index (χ1n) is 9.83. The maximum atomic E-state index is 12.6. The highest BCUT2D eigenvalue weighted by atomic mass is 32.2. The highest BCUT2D eigenvalue weighted by molar-refractivity contribution is 7.89. The molecule has 0 atom stereocenters. The molecular weight excluding hydrogens is 434 g/mol. The topological polar surface area (TPSA) is 88.6 Å². The van der Waals surface area contributed by atoms with Crippen molar-refractivity contribution in [2.45, 2.75) is 24.7 Å².